The molecule has 1 fully saturated rings. The number of nitrogens with zero attached hydrogens (tertiary/aromatic N) is 2. The lowest BCUT2D eigenvalue weighted by Gasteiger charge is -2.19. The van der Waals surface area contributed by atoms with Crippen LogP contribution in [0, 0.1) is 5.82 Å². The number of pyridine rings is 1. The second-order valence-electron chi connectivity index (χ2n) is 5.24. The number of hydrogen-bond donors (Lipinski definition) is 2. The summed E-state index contributed by atoms with van der Waals surface area (Å²) >= 11 is 0. The summed E-state index contributed by atoms with van der Waals surface area (Å²) in [6, 6.07) is 11.7. The van der Waals surface area contributed by atoms with E-state index in [2.05, 4.69) is 10.3 Å². The number of halogens is 1. The lowest BCUT2D eigenvalue weighted by Crippen LogP contribution is -2.27. The molecule has 1 saturated heterocycles. The number of para-hydroxylation sites is 1. The van der Waals surface area contributed by atoms with E-state index in [-0.39, 0.29) is 17.6 Å². The van der Waals surface area contributed by atoms with Crippen molar-refractivity contribution >= 4 is 17.5 Å². The fourth-order valence-corrected chi connectivity index (χ4v) is 2.65. The van der Waals surface area contributed by atoms with Crippen molar-refractivity contribution < 1.29 is 14.3 Å². The minimum atomic E-state index is -1.05. The van der Waals surface area contributed by atoms with E-state index < -0.39 is 5.97 Å². The quantitative estimate of drug-likeness (QED) is 0.908. The highest BCUT2D eigenvalue weighted by Crippen LogP contribution is 2.24. The molecule has 114 valence electrons. The first-order valence-corrected chi connectivity index (χ1v) is 7.10. The lowest BCUT2D eigenvalue weighted by molar-refractivity contribution is 0.0690. The molecule has 1 aromatic heterocycles. The Kier molecular flexibility index (Phi) is 3.91. The van der Waals surface area contributed by atoms with Gasteiger partial charge in [-0.1, -0.05) is 18.2 Å². The van der Waals surface area contributed by atoms with Crippen molar-refractivity contribution in [2.75, 3.05) is 23.3 Å². The van der Waals surface area contributed by atoms with E-state index in [0.29, 0.717) is 18.1 Å². The molecule has 0 amide bonds. The summed E-state index contributed by atoms with van der Waals surface area (Å²) in [5, 5.41) is 12.2. The Hall–Kier alpha value is -2.63. The molecule has 2 heterocycles. The van der Waals surface area contributed by atoms with Crippen molar-refractivity contribution in [2.24, 2.45) is 0 Å². The highest BCUT2D eigenvalue weighted by molar-refractivity contribution is 5.85. The molecule has 1 unspecified atom stereocenters. The molecule has 6 heteroatoms. The first-order valence-electron chi connectivity index (χ1n) is 7.10. The molecule has 5 nitrogen and oxygen atoms in total. The number of nitrogens with one attached hydrogen (secondary N) is 1. The number of carbonyl (C=O) groups is 1. The molecule has 0 spiro atoms. The highest BCUT2D eigenvalue weighted by atomic mass is 19.1. The zero-order chi connectivity index (χ0) is 15.5. The van der Waals surface area contributed by atoms with Gasteiger partial charge in [0.15, 0.2) is 5.69 Å². The maximum atomic E-state index is 13.8. The second-order valence-corrected chi connectivity index (χ2v) is 5.24. The largest absolute Gasteiger partial charge is 0.477 e. The van der Waals surface area contributed by atoms with Crippen LogP contribution in [0.3, 0.4) is 0 Å². The van der Waals surface area contributed by atoms with Gasteiger partial charge in [0.1, 0.15) is 11.6 Å². The minimum absolute atomic E-state index is 0.00829. The van der Waals surface area contributed by atoms with Crippen molar-refractivity contribution in [3.05, 3.63) is 54.0 Å². The number of anilines is 2. The standard InChI is InChI=1S/C16H16FN3O2/c17-12-4-1-2-6-14(12)20-9-8-11(10-20)18-15-7-3-5-13(19-15)16(21)22/h1-7,11H,8-10H2,(H,18,19)(H,21,22). The molecule has 1 aliphatic rings. The van der Waals surface area contributed by atoms with Crippen LogP contribution in [0.1, 0.15) is 16.9 Å². The molecule has 0 radical (unpaired) electrons. The third-order valence-electron chi connectivity index (χ3n) is 3.70. The van der Waals surface area contributed by atoms with E-state index in [4.69, 9.17) is 5.11 Å². The van der Waals surface area contributed by atoms with E-state index in [9.17, 15) is 9.18 Å². The van der Waals surface area contributed by atoms with Crippen LogP contribution in [0.5, 0.6) is 0 Å². The predicted molar refractivity (Wildman–Crippen MR) is 81.8 cm³/mol. The van der Waals surface area contributed by atoms with Gasteiger partial charge in [0.05, 0.1) is 5.69 Å². The monoisotopic (exact) mass is 301 g/mol. The summed E-state index contributed by atoms with van der Waals surface area (Å²) in [5.41, 5.74) is 0.605. The number of benzene rings is 1. The van der Waals surface area contributed by atoms with Crippen LogP contribution in [0.15, 0.2) is 42.5 Å². The van der Waals surface area contributed by atoms with E-state index in [1.165, 1.54) is 12.1 Å². The Morgan fingerprint density at radius 1 is 1.27 bits per heavy atom. The molecular weight excluding hydrogens is 285 g/mol. The average Bonchev–Trinajstić information content (AvgIpc) is 2.96. The number of rotatable bonds is 4. The zero-order valence-electron chi connectivity index (χ0n) is 11.9. The van der Waals surface area contributed by atoms with E-state index in [0.717, 1.165) is 13.0 Å². The lowest BCUT2D eigenvalue weighted by atomic mass is 10.2. The van der Waals surface area contributed by atoms with Crippen molar-refractivity contribution in [1.29, 1.82) is 0 Å². The van der Waals surface area contributed by atoms with Crippen LogP contribution >= 0.6 is 0 Å². The van der Waals surface area contributed by atoms with Crippen LogP contribution in [-0.4, -0.2) is 35.2 Å². The Morgan fingerprint density at radius 2 is 2.09 bits per heavy atom. The number of carboxylic acid groups (broad SMARTS) is 1. The topological polar surface area (TPSA) is 65.5 Å². The van der Waals surface area contributed by atoms with Crippen LogP contribution in [-0.2, 0) is 0 Å². The summed E-state index contributed by atoms with van der Waals surface area (Å²) in [5.74, 6) is -0.752. The summed E-state index contributed by atoms with van der Waals surface area (Å²) in [6.45, 7) is 1.40. The molecule has 0 saturated carbocycles. The van der Waals surface area contributed by atoms with E-state index in [1.807, 2.05) is 11.0 Å². The van der Waals surface area contributed by atoms with Crippen molar-refractivity contribution in [3.8, 4) is 0 Å². The summed E-state index contributed by atoms with van der Waals surface area (Å²) < 4.78 is 13.8. The predicted octanol–water partition coefficient (Wildman–Crippen LogP) is 2.61. The molecule has 0 aliphatic carbocycles. The van der Waals surface area contributed by atoms with Crippen LogP contribution in [0.4, 0.5) is 15.9 Å². The zero-order valence-corrected chi connectivity index (χ0v) is 11.9. The molecule has 2 aromatic rings. The second kappa shape index (κ2) is 6.01. The van der Waals surface area contributed by atoms with Gasteiger partial charge < -0.3 is 15.3 Å². The highest BCUT2D eigenvalue weighted by Gasteiger charge is 2.24. The Morgan fingerprint density at radius 3 is 2.86 bits per heavy atom. The molecule has 3 rings (SSSR count). The van der Waals surface area contributed by atoms with Gasteiger partial charge in [-0.25, -0.2) is 14.2 Å². The molecule has 2 N–H and O–H groups in total. The van der Waals surface area contributed by atoms with Gasteiger partial charge in [-0.3, -0.25) is 0 Å². The van der Waals surface area contributed by atoms with Gasteiger partial charge in [0.25, 0.3) is 0 Å². The molecule has 0 bridgehead atoms. The first-order chi connectivity index (χ1) is 10.6. The minimum Gasteiger partial charge on any atom is -0.477 e. The van der Waals surface area contributed by atoms with E-state index >= 15 is 0 Å². The Labute approximate surface area is 127 Å². The van der Waals surface area contributed by atoms with Gasteiger partial charge in [0.2, 0.25) is 0 Å². The third kappa shape index (κ3) is 3.00. The van der Waals surface area contributed by atoms with Crippen LogP contribution in [0.2, 0.25) is 0 Å². The molecule has 1 aliphatic heterocycles. The normalized spacial score (nSPS) is 17.5. The summed E-state index contributed by atoms with van der Waals surface area (Å²) in [7, 11) is 0. The van der Waals surface area contributed by atoms with Crippen molar-refractivity contribution in [3.63, 3.8) is 0 Å². The average molecular weight is 301 g/mol. The van der Waals surface area contributed by atoms with Crippen LogP contribution < -0.4 is 10.2 Å². The van der Waals surface area contributed by atoms with Crippen molar-refractivity contribution in [1.82, 2.24) is 4.98 Å². The fourth-order valence-electron chi connectivity index (χ4n) is 2.65. The molecule has 1 atom stereocenters. The number of aromatic carboxylic acids is 1. The number of hydrogen-bond acceptors (Lipinski definition) is 4. The third-order valence-corrected chi connectivity index (χ3v) is 3.70. The van der Waals surface area contributed by atoms with Crippen LogP contribution in [0.25, 0.3) is 0 Å². The fraction of sp³-hybridized carbons (Fsp3) is 0.250. The smallest absolute Gasteiger partial charge is 0.354 e. The molecule has 22 heavy (non-hydrogen) atoms. The first kappa shape index (κ1) is 14.3. The van der Waals surface area contributed by atoms with Gasteiger partial charge in [-0.2, -0.15) is 0 Å². The maximum absolute atomic E-state index is 13.8. The Bertz CT molecular complexity index is 693. The molecular formula is C16H16FN3O2. The maximum Gasteiger partial charge on any atom is 0.354 e. The summed E-state index contributed by atoms with van der Waals surface area (Å²) in [6.07, 6.45) is 0.841. The van der Waals surface area contributed by atoms with Crippen molar-refractivity contribution in [2.45, 2.75) is 12.5 Å². The summed E-state index contributed by atoms with van der Waals surface area (Å²) in [4.78, 5) is 17.0. The van der Waals surface area contributed by atoms with Gasteiger partial charge >= 0.3 is 5.97 Å². The molecule has 1 aromatic carbocycles. The van der Waals surface area contributed by atoms with Gasteiger partial charge in [0, 0.05) is 19.1 Å². The SMILES string of the molecule is O=C(O)c1cccc(NC2CCN(c3ccccc3F)C2)n1. The number of carboxylic acids is 1. The van der Waals surface area contributed by atoms with E-state index in [1.54, 1.807) is 24.3 Å². The van der Waals surface area contributed by atoms with Gasteiger partial charge in [-0.05, 0) is 30.7 Å². The number of aromatic nitrogens is 1. The Balaban J connectivity index is 1.67. The van der Waals surface area contributed by atoms with Gasteiger partial charge in [-0.15, -0.1) is 0 Å².